The number of hydrogen-bond donors (Lipinski definition) is 1. The lowest BCUT2D eigenvalue weighted by molar-refractivity contribution is 0.122. The Bertz CT molecular complexity index is 3120. The number of rotatable bonds is 9. The Kier molecular flexibility index (Phi) is 26.2. The van der Waals surface area contributed by atoms with Crippen LogP contribution in [0.25, 0.3) is 10.9 Å². The fourth-order valence-corrected chi connectivity index (χ4v) is 9.39. The fraction of sp³-hybridized carbons (Fsp3) is 0.303. The molecule has 0 saturated carbocycles. The Morgan fingerprint density at radius 1 is 0.642 bits per heavy atom. The van der Waals surface area contributed by atoms with Crippen molar-refractivity contribution in [1.29, 1.82) is 0 Å². The number of nitrogens with one attached hydrogen (secondary N) is 1. The van der Waals surface area contributed by atoms with Gasteiger partial charge in [-0.1, -0.05) is 78.4 Å². The lowest BCUT2D eigenvalue weighted by Crippen LogP contribution is -2.36. The maximum atomic E-state index is 5.61. The lowest BCUT2D eigenvalue weighted by Gasteiger charge is -2.30. The molecule has 0 bridgehead atoms. The highest BCUT2D eigenvalue weighted by atomic mass is 32.1. The van der Waals surface area contributed by atoms with Crippen LogP contribution in [0.15, 0.2) is 193 Å². The van der Waals surface area contributed by atoms with Gasteiger partial charge >= 0.3 is 0 Å². The monoisotopic (exact) mass is 1110 g/mol. The van der Waals surface area contributed by atoms with Crippen molar-refractivity contribution in [1.82, 2.24) is 30.2 Å². The van der Waals surface area contributed by atoms with E-state index in [0.717, 1.165) is 93.8 Å². The van der Waals surface area contributed by atoms with E-state index in [-0.39, 0.29) is 0 Å². The predicted molar refractivity (Wildman–Crippen MR) is 342 cm³/mol. The molecule has 0 aliphatic carbocycles. The lowest BCUT2D eigenvalue weighted by atomic mass is 10.2. The molecular weight excluding hydrogens is 1030 g/mol. The topological polar surface area (TPSA) is 111 Å². The van der Waals surface area contributed by atoms with Crippen LogP contribution >= 0.6 is 11.3 Å². The molecule has 12 rings (SSSR count). The van der Waals surface area contributed by atoms with Crippen molar-refractivity contribution in [2.45, 2.75) is 27.2 Å². The normalized spacial score (nSPS) is 12.7. The van der Waals surface area contributed by atoms with E-state index in [4.69, 9.17) is 14.2 Å². The molecule has 3 aliphatic rings. The van der Waals surface area contributed by atoms with Crippen molar-refractivity contribution in [2.75, 3.05) is 133 Å². The molecule has 426 valence electrons. The molecule has 3 aliphatic heterocycles. The first kappa shape index (κ1) is 62.1. The average Bonchev–Trinajstić information content (AvgIpc) is 4.35. The van der Waals surface area contributed by atoms with Gasteiger partial charge in [-0.05, 0) is 152 Å². The van der Waals surface area contributed by atoms with E-state index in [0.29, 0.717) is 5.88 Å². The number of morpholine rings is 1. The quantitative estimate of drug-likeness (QED) is 0.148. The number of benzene rings is 5. The summed E-state index contributed by atoms with van der Waals surface area (Å²) in [6, 6.07) is 54.0. The molecule has 0 atom stereocenters. The highest BCUT2D eigenvalue weighted by Crippen LogP contribution is 2.37. The van der Waals surface area contributed by atoms with Crippen molar-refractivity contribution in [3.8, 4) is 11.6 Å². The maximum absolute atomic E-state index is 5.61. The molecule has 0 unspecified atom stereocenters. The third kappa shape index (κ3) is 19.6. The van der Waals surface area contributed by atoms with Gasteiger partial charge in [0, 0.05) is 97.9 Å². The third-order valence-corrected chi connectivity index (χ3v) is 13.5. The summed E-state index contributed by atoms with van der Waals surface area (Å²) in [5, 5.41) is 8.19. The van der Waals surface area contributed by atoms with Crippen LogP contribution in [0.2, 0.25) is 0 Å². The number of hydrogen-bond acceptors (Lipinski definition) is 15. The second-order valence-corrected chi connectivity index (χ2v) is 20.1. The van der Waals surface area contributed by atoms with E-state index in [1.807, 2.05) is 101 Å². The Morgan fingerprint density at radius 3 is 2.02 bits per heavy atom. The van der Waals surface area contributed by atoms with Crippen molar-refractivity contribution >= 4 is 68.0 Å². The Balaban J connectivity index is 0.000000159. The number of fused-ring (bicyclic) bond motifs is 3. The summed E-state index contributed by atoms with van der Waals surface area (Å²) >= 11 is 1.73. The summed E-state index contributed by atoms with van der Waals surface area (Å²) in [4.78, 5) is 30.3. The van der Waals surface area contributed by atoms with Gasteiger partial charge < -0.3 is 48.9 Å². The van der Waals surface area contributed by atoms with Crippen LogP contribution in [0.3, 0.4) is 0 Å². The number of aromatic nitrogens is 4. The molecular formula is C66H83N11O3S. The molecule has 7 heterocycles. The molecule has 14 nitrogen and oxygen atoms in total. The van der Waals surface area contributed by atoms with Gasteiger partial charge in [0.15, 0.2) is 5.82 Å². The zero-order chi connectivity index (χ0) is 57.6. The van der Waals surface area contributed by atoms with Crippen LogP contribution in [0, 0.1) is 6.92 Å². The van der Waals surface area contributed by atoms with Crippen molar-refractivity contribution < 1.29 is 14.2 Å². The van der Waals surface area contributed by atoms with E-state index in [9.17, 15) is 0 Å². The number of para-hydroxylation sites is 4. The van der Waals surface area contributed by atoms with Crippen LogP contribution in [-0.4, -0.2) is 133 Å². The summed E-state index contributed by atoms with van der Waals surface area (Å²) in [7, 11) is 13.5. The number of pyridine rings is 2. The summed E-state index contributed by atoms with van der Waals surface area (Å²) in [6.45, 7) is 14.7. The minimum atomic E-state index is 0.671. The fourth-order valence-electron chi connectivity index (χ4n) is 8.75. The first-order valence-electron chi connectivity index (χ1n) is 27.7. The molecule has 4 aromatic heterocycles. The minimum Gasteiger partial charge on any atom is -0.490 e. The Hall–Kier alpha value is -8.08. The smallest absolute Gasteiger partial charge is 0.214 e. The van der Waals surface area contributed by atoms with Gasteiger partial charge in [0.25, 0.3) is 0 Å². The van der Waals surface area contributed by atoms with Crippen molar-refractivity contribution in [2.24, 2.45) is 0 Å². The van der Waals surface area contributed by atoms with E-state index in [1.54, 1.807) is 30.8 Å². The molecule has 81 heavy (non-hydrogen) atoms. The number of thiophene rings is 1. The molecule has 0 spiro atoms. The van der Waals surface area contributed by atoms with Gasteiger partial charge in [-0.25, -0.2) is 4.98 Å². The van der Waals surface area contributed by atoms with E-state index in [1.165, 1.54) is 45.3 Å². The van der Waals surface area contributed by atoms with E-state index in [2.05, 4.69) is 198 Å². The number of nitrogens with zero attached hydrogens (tertiary/aromatic N) is 10. The number of anilines is 8. The number of ether oxygens (including phenoxy) is 3. The Morgan fingerprint density at radius 2 is 1.35 bits per heavy atom. The molecule has 5 aromatic carbocycles. The van der Waals surface area contributed by atoms with E-state index < -0.39 is 0 Å². The third-order valence-electron chi connectivity index (χ3n) is 12.8. The van der Waals surface area contributed by atoms with E-state index >= 15 is 0 Å². The van der Waals surface area contributed by atoms with Crippen LogP contribution in [0.5, 0.6) is 11.6 Å². The second-order valence-electron chi connectivity index (χ2n) is 19.3. The first-order valence-corrected chi connectivity index (χ1v) is 28.6. The zero-order valence-electron chi connectivity index (χ0n) is 49.2. The van der Waals surface area contributed by atoms with Gasteiger partial charge in [0.2, 0.25) is 5.88 Å². The molecule has 0 amide bonds. The zero-order valence-corrected chi connectivity index (χ0v) is 50.0. The molecule has 9 aromatic rings. The maximum Gasteiger partial charge on any atom is 0.214 e. The minimum absolute atomic E-state index is 0.671. The molecule has 1 saturated heterocycles. The van der Waals surface area contributed by atoms with Crippen molar-refractivity contribution in [3.05, 3.63) is 204 Å². The first-order chi connectivity index (χ1) is 39.6. The standard InChI is InChI=1S/C16H14N2.C12H11N3.C12H11NOS.C11H15NO.C10H16N2O.C3H9N.C2H7N/c1-18(14-7-3-2-4-8-14)15-9-10-16-13(12-15)6-5-11-17-16;1-2-4-11-10(3-1)5-8-15(11)12-9-13-6-7-14-12;1-2-4-12-11(3-1)13(6-7-14-12)10-5-8-15-9-10;1-10-2-4-11(5-3-10)12-6-8-13-9-7-12;1-4-12(5-2)9-7-6-8-10(11-9)13-3;1-4(2)3;1-3-2/h2-12H,1H3;1-4,6-7,9H,5,8H2;1-5,8-9H,6-7H2;2-5H,6-9H2,1H3;6-8H,4-5H2,1-3H3;1-3H3;3H,1-2H3. The molecule has 0 radical (unpaired) electrons. The van der Waals surface area contributed by atoms with Gasteiger partial charge in [0.1, 0.15) is 18.2 Å². The summed E-state index contributed by atoms with van der Waals surface area (Å²) in [5.41, 5.74) is 11.1. The predicted octanol–water partition coefficient (Wildman–Crippen LogP) is 13.2. The molecule has 15 heteroatoms. The van der Waals surface area contributed by atoms with Gasteiger partial charge in [0.05, 0.1) is 50.0 Å². The highest BCUT2D eigenvalue weighted by molar-refractivity contribution is 7.08. The Labute approximate surface area is 486 Å². The van der Waals surface area contributed by atoms with Crippen molar-refractivity contribution in [3.63, 3.8) is 0 Å². The van der Waals surface area contributed by atoms with Crippen LogP contribution < -0.4 is 39.3 Å². The van der Waals surface area contributed by atoms with Gasteiger partial charge in [-0.3, -0.25) is 9.97 Å². The molecule has 1 N–H and O–H groups in total. The second kappa shape index (κ2) is 34.1. The van der Waals surface area contributed by atoms with Crippen LogP contribution in [-0.2, 0) is 11.2 Å². The SMILES string of the molecule is CCN(CC)c1cccc(OC)n1.CN(C)C.CN(c1ccccc1)c1ccc2ncccc2c1.CNC.Cc1ccc(N2CCOCC2)cc1.c1ccc2c(c1)CCN2c1cnccn1.c1ccc2c(c1)OCCN2c1ccsc1. The molecule has 1 fully saturated rings. The number of aryl methyl sites for hydroxylation is 1. The summed E-state index contributed by atoms with van der Waals surface area (Å²) in [6.07, 6.45) is 8.15. The van der Waals surface area contributed by atoms with Gasteiger partial charge in [-0.2, -0.15) is 16.3 Å². The van der Waals surface area contributed by atoms with Gasteiger partial charge in [-0.15, -0.1) is 0 Å². The van der Waals surface area contributed by atoms with Crippen LogP contribution in [0.1, 0.15) is 25.0 Å². The summed E-state index contributed by atoms with van der Waals surface area (Å²) in [5.74, 6) is 3.56. The number of methoxy groups -OCH3 is 1. The largest absolute Gasteiger partial charge is 0.490 e. The highest BCUT2D eigenvalue weighted by Gasteiger charge is 2.21. The summed E-state index contributed by atoms with van der Waals surface area (Å²) < 4.78 is 16.0. The van der Waals surface area contributed by atoms with Crippen LogP contribution in [0.4, 0.5) is 45.8 Å². The average molecular weight is 1110 g/mol.